The molecular formula is C55H104O15. The standard InChI is InChI=1S/C55H104O15/c1-3-5-7-9-11-13-15-17-19-21-23-25-27-29-31-33-35-37-46(57)65-40-43(68-47(58)38-36-34-32-30-28-26-24-22-20-18-16-14-12-10-8-6-4-2)41-66-54-53(64)51(62)49(60)45(70-54)42-67-55-52(63)50(61)48(59)44(39-56)69-55/h43-45,48-56,59-64H,3-42H2,1-2H3/t43-,44+,45+,48-,49-,50?,51?,52?,53?,54+,55+/m0/s1. The highest BCUT2D eigenvalue weighted by Crippen LogP contribution is 2.27. The molecule has 2 rings (SSSR count). The zero-order valence-electron chi connectivity index (χ0n) is 44.0. The average Bonchev–Trinajstić information content (AvgIpc) is 3.35. The van der Waals surface area contributed by atoms with Crippen LogP contribution in [-0.2, 0) is 38.0 Å². The van der Waals surface area contributed by atoms with Crippen LogP contribution in [0.2, 0.25) is 0 Å². The molecule has 0 aromatic carbocycles. The van der Waals surface area contributed by atoms with Gasteiger partial charge in [0.15, 0.2) is 18.7 Å². The number of unbranched alkanes of at least 4 members (excludes halogenated alkanes) is 32. The smallest absolute Gasteiger partial charge is 0.306 e. The van der Waals surface area contributed by atoms with E-state index in [9.17, 15) is 45.3 Å². The molecule has 0 spiro atoms. The van der Waals surface area contributed by atoms with Crippen LogP contribution in [0, 0.1) is 0 Å². The number of hydrogen-bond donors (Lipinski definition) is 7. The van der Waals surface area contributed by atoms with Crippen LogP contribution in [0.4, 0.5) is 0 Å². The maximum Gasteiger partial charge on any atom is 0.306 e. The summed E-state index contributed by atoms with van der Waals surface area (Å²) in [5.74, 6) is -0.904. The molecule has 0 bridgehead atoms. The number of carbonyl (C=O) groups excluding carboxylic acids is 2. The summed E-state index contributed by atoms with van der Waals surface area (Å²) >= 11 is 0. The topological polar surface area (TPSA) is 231 Å². The Morgan fingerprint density at radius 2 is 0.729 bits per heavy atom. The highest BCUT2D eigenvalue weighted by Gasteiger charge is 2.47. The van der Waals surface area contributed by atoms with E-state index < -0.39 is 92.7 Å². The fourth-order valence-corrected chi connectivity index (χ4v) is 9.40. The first-order valence-electron chi connectivity index (χ1n) is 28.6. The molecule has 0 saturated carbocycles. The van der Waals surface area contributed by atoms with E-state index in [0.29, 0.717) is 12.8 Å². The molecule has 0 radical (unpaired) electrons. The van der Waals surface area contributed by atoms with Crippen molar-refractivity contribution in [2.75, 3.05) is 26.4 Å². The highest BCUT2D eigenvalue weighted by molar-refractivity contribution is 5.70. The number of carbonyl (C=O) groups is 2. The number of aliphatic hydroxyl groups excluding tert-OH is 7. The van der Waals surface area contributed by atoms with Gasteiger partial charge in [-0.2, -0.15) is 0 Å². The van der Waals surface area contributed by atoms with Crippen LogP contribution in [0.5, 0.6) is 0 Å². The summed E-state index contributed by atoms with van der Waals surface area (Å²) in [6.45, 7) is 2.65. The molecule has 0 aliphatic carbocycles. The van der Waals surface area contributed by atoms with Crippen molar-refractivity contribution >= 4 is 11.9 Å². The van der Waals surface area contributed by atoms with E-state index in [4.69, 9.17) is 28.4 Å². The summed E-state index contributed by atoms with van der Waals surface area (Å²) in [6.07, 6.45) is 25.5. The fraction of sp³-hybridized carbons (Fsp3) is 0.964. The number of esters is 2. The van der Waals surface area contributed by atoms with Crippen molar-refractivity contribution < 1.29 is 73.8 Å². The minimum absolute atomic E-state index is 0.174. The minimum Gasteiger partial charge on any atom is -0.462 e. The van der Waals surface area contributed by atoms with Gasteiger partial charge in [-0.25, -0.2) is 0 Å². The molecule has 2 aliphatic rings. The lowest BCUT2D eigenvalue weighted by Crippen LogP contribution is -2.61. The first-order valence-corrected chi connectivity index (χ1v) is 28.6. The second-order valence-corrected chi connectivity index (χ2v) is 20.5. The Hall–Kier alpha value is -1.50. The highest BCUT2D eigenvalue weighted by atomic mass is 16.7. The van der Waals surface area contributed by atoms with Gasteiger partial charge in [0.25, 0.3) is 0 Å². The van der Waals surface area contributed by atoms with Crippen molar-refractivity contribution in [3.63, 3.8) is 0 Å². The molecule has 2 fully saturated rings. The van der Waals surface area contributed by atoms with E-state index in [-0.39, 0.29) is 26.1 Å². The molecule has 2 heterocycles. The number of ether oxygens (including phenoxy) is 6. The van der Waals surface area contributed by atoms with Crippen LogP contribution in [0.15, 0.2) is 0 Å². The Morgan fingerprint density at radius 3 is 1.11 bits per heavy atom. The van der Waals surface area contributed by atoms with Gasteiger partial charge in [0.1, 0.15) is 55.4 Å². The Morgan fingerprint density at radius 1 is 0.400 bits per heavy atom. The number of rotatable bonds is 46. The summed E-state index contributed by atoms with van der Waals surface area (Å²) < 4.78 is 33.7. The predicted octanol–water partition coefficient (Wildman–Crippen LogP) is 9.17. The summed E-state index contributed by atoms with van der Waals surface area (Å²) in [5, 5.41) is 72.2. The third-order valence-electron chi connectivity index (χ3n) is 14.1. The third-order valence-corrected chi connectivity index (χ3v) is 14.1. The van der Waals surface area contributed by atoms with Gasteiger partial charge in [0, 0.05) is 12.8 Å². The largest absolute Gasteiger partial charge is 0.462 e. The van der Waals surface area contributed by atoms with Crippen LogP contribution in [-0.4, -0.2) is 142 Å². The second-order valence-electron chi connectivity index (χ2n) is 20.5. The Kier molecular flexibility index (Phi) is 39.5. The van der Waals surface area contributed by atoms with E-state index in [1.807, 2.05) is 0 Å². The van der Waals surface area contributed by atoms with Crippen LogP contribution in [0.1, 0.15) is 245 Å². The third kappa shape index (κ3) is 30.0. The summed E-state index contributed by atoms with van der Waals surface area (Å²) in [7, 11) is 0. The summed E-state index contributed by atoms with van der Waals surface area (Å²) in [4.78, 5) is 25.9. The van der Waals surface area contributed by atoms with Gasteiger partial charge in [0.05, 0.1) is 19.8 Å². The van der Waals surface area contributed by atoms with Crippen molar-refractivity contribution in [1.29, 1.82) is 0 Å². The second kappa shape index (κ2) is 42.8. The molecule has 15 heteroatoms. The van der Waals surface area contributed by atoms with Gasteiger partial charge in [0.2, 0.25) is 0 Å². The van der Waals surface area contributed by atoms with Crippen molar-refractivity contribution in [2.24, 2.45) is 0 Å². The molecule has 15 nitrogen and oxygen atoms in total. The lowest BCUT2D eigenvalue weighted by atomic mass is 9.98. The Bertz CT molecular complexity index is 1230. The number of aliphatic hydroxyl groups is 7. The first-order chi connectivity index (χ1) is 34.0. The van der Waals surface area contributed by atoms with Crippen molar-refractivity contribution in [1.82, 2.24) is 0 Å². The van der Waals surface area contributed by atoms with E-state index in [1.54, 1.807) is 0 Å². The van der Waals surface area contributed by atoms with Gasteiger partial charge >= 0.3 is 11.9 Å². The van der Waals surface area contributed by atoms with Crippen molar-refractivity contribution in [3.8, 4) is 0 Å². The Balaban J connectivity index is 1.76. The van der Waals surface area contributed by atoms with Crippen LogP contribution in [0.3, 0.4) is 0 Å². The molecule has 0 amide bonds. The van der Waals surface area contributed by atoms with Gasteiger partial charge < -0.3 is 64.2 Å². The zero-order valence-corrected chi connectivity index (χ0v) is 44.0. The molecule has 2 saturated heterocycles. The van der Waals surface area contributed by atoms with E-state index >= 15 is 0 Å². The van der Waals surface area contributed by atoms with Gasteiger partial charge in [-0.1, -0.05) is 219 Å². The van der Waals surface area contributed by atoms with Crippen LogP contribution < -0.4 is 0 Å². The van der Waals surface area contributed by atoms with E-state index in [0.717, 1.165) is 38.5 Å². The van der Waals surface area contributed by atoms with Gasteiger partial charge in [-0.05, 0) is 12.8 Å². The van der Waals surface area contributed by atoms with Gasteiger partial charge in [-0.3, -0.25) is 9.59 Å². The maximum absolute atomic E-state index is 13.0. The molecule has 0 aromatic rings. The van der Waals surface area contributed by atoms with E-state index in [1.165, 1.54) is 167 Å². The molecule has 4 unspecified atom stereocenters. The normalized spacial score (nSPS) is 25.3. The predicted molar refractivity (Wildman–Crippen MR) is 271 cm³/mol. The lowest BCUT2D eigenvalue weighted by Gasteiger charge is -2.42. The molecular weight excluding hydrogens is 901 g/mol. The fourth-order valence-electron chi connectivity index (χ4n) is 9.40. The molecule has 11 atom stereocenters. The van der Waals surface area contributed by atoms with Gasteiger partial charge in [-0.15, -0.1) is 0 Å². The molecule has 0 aromatic heterocycles. The molecule has 7 N–H and O–H groups in total. The summed E-state index contributed by atoms with van der Waals surface area (Å²) in [5.41, 5.74) is 0. The van der Waals surface area contributed by atoms with Crippen molar-refractivity contribution in [3.05, 3.63) is 0 Å². The number of hydrogen-bond acceptors (Lipinski definition) is 15. The SMILES string of the molecule is CCCCCCCCCCCCCCCCCCCC(=O)OC[C@@H](CO[C@@H]1O[C@H](CO[C@@H]2O[C@H](CO)[C@H](O)C(O)C2O)[C@H](O)C(O)C1O)OC(=O)CCCCCCCCCCCCCCCCCCC. The van der Waals surface area contributed by atoms with Crippen LogP contribution in [0.25, 0.3) is 0 Å². The maximum atomic E-state index is 13.0. The Labute approximate surface area is 423 Å². The van der Waals surface area contributed by atoms with E-state index in [2.05, 4.69) is 13.8 Å². The van der Waals surface area contributed by atoms with Crippen LogP contribution >= 0.6 is 0 Å². The molecule has 2 aliphatic heterocycles. The minimum atomic E-state index is -1.76. The monoisotopic (exact) mass is 1000 g/mol. The zero-order chi connectivity index (χ0) is 51.0. The molecule has 70 heavy (non-hydrogen) atoms. The van der Waals surface area contributed by atoms with Crippen molar-refractivity contribution in [2.45, 2.75) is 313 Å². The molecule has 414 valence electrons. The average molecular weight is 1010 g/mol. The summed E-state index contributed by atoms with van der Waals surface area (Å²) in [6, 6.07) is 0. The quantitative estimate of drug-likeness (QED) is 0.0223. The lowest BCUT2D eigenvalue weighted by molar-refractivity contribution is -0.332. The first kappa shape index (κ1) is 64.6.